The molecular formula is C23H23F2N3OS. The summed E-state index contributed by atoms with van der Waals surface area (Å²) in [5, 5.41) is 6.38. The van der Waals surface area contributed by atoms with E-state index in [0.29, 0.717) is 11.6 Å². The minimum Gasteiger partial charge on any atom is -0.308 e. The highest BCUT2D eigenvalue weighted by Gasteiger charge is 2.22. The summed E-state index contributed by atoms with van der Waals surface area (Å²) in [4.78, 5) is 17.9. The summed E-state index contributed by atoms with van der Waals surface area (Å²) in [6.07, 6.45) is 6.89. The van der Waals surface area contributed by atoms with Gasteiger partial charge in [0.2, 0.25) is 0 Å². The molecule has 1 saturated carbocycles. The zero-order valence-corrected chi connectivity index (χ0v) is 17.4. The number of carbonyl (C=O) groups excluding carboxylic acids is 1. The quantitative estimate of drug-likeness (QED) is 0.470. The molecule has 0 saturated heterocycles. The average Bonchev–Trinajstić information content (AvgIpc) is 3.22. The van der Waals surface area contributed by atoms with Crippen LogP contribution in [0.5, 0.6) is 0 Å². The highest BCUT2D eigenvalue weighted by atomic mass is 32.1. The summed E-state index contributed by atoms with van der Waals surface area (Å²) < 4.78 is 26.2. The molecule has 2 amide bonds. The molecule has 7 heteroatoms. The van der Waals surface area contributed by atoms with Crippen molar-refractivity contribution in [1.82, 2.24) is 4.98 Å². The molecule has 0 atom stereocenters. The van der Waals surface area contributed by atoms with Crippen molar-refractivity contribution in [2.24, 2.45) is 5.92 Å². The van der Waals surface area contributed by atoms with Crippen LogP contribution in [0.25, 0.3) is 10.4 Å². The lowest BCUT2D eigenvalue weighted by Gasteiger charge is -2.24. The largest absolute Gasteiger partial charge is 0.323 e. The van der Waals surface area contributed by atoms with Gasteiger partial charge in [-0.2, -0.15) is 0 Å². The van der Waals surface area contributed by atoms with Gasteiger partial charge < -0.3 is 10.6 Å². The van der Waals surface area contributed by atoms with Crippen LogP contribution in [0, 0.1) is 17.6 Å². The van der Waals surface area contributed by atoms with Crippen LogP contribution < -0.4 is 10.6 Å². The van der Waals surface area contributed by atoms with Crippen molar-refractivity contribution in [3.63, 3.8) is 0 Å². The third-order valence-electron chi connectivity index (χ3n) is 5.49. The van der Waals surface area contributed by atoms with Crippen molar-refractivity contribution in [3.8, 4) is 10.4 Å². The van der Waals surface area contributed by atoms with E-state index in [1.165, 1.54) is 36.8 Å². The Labute approximate surface area is 178 Å². The minimum absolute atomic E-state index is 0.178. The summed E-state index contributed by atoms with van der Waals surface area (Å²) >= 11 is 1.74. The fourth-order valence-electron chi connectivity index (χ4n) is 3.70. The van der Waals surface area contributed by atoms with E-state index in [-0.39, 0.29) is 5.69 Å². The molecule has 0 aliphatic heterocycles. The SMILES string of the molecule is CC1CCC(c2ncc(-c3ccc(NC(=O)Nc4ccc(F)c(F)c4)cc3)s2)CC1. The Balaban J connectivity index is 1.37. The molecule has 1 heterocycles. The molecule has 3 aromatic rings. The zero-order valence-electron chi connectivity index (χ0n) is 16.6. The van der Waals surface area contributed by atoms with Crippen molar-refractivity contribution in [2.75, 3.05) is 10.6 Å². The van der Waals surface area contributed by atoms with Gasteiger partial charge in [-0.3, -0.25) is 0 Å². The summed E-state index contributed by atoms with van der Waals surface area (Å²) in [5.41, 5.74) is 1.83. The molecule has 2 N–H and O–H groups in total. The molecule has 1 aromatic heterocycles. The van der Waals surface area contributed by atoms with Crippen molar-refractivity contribution in [1.29, 1.82) is 0 Å². The van der Waals surface area contributed by atoms with Crippen molar-refractivity contribution in [2.45, 2.75) is 38.5 Å². The fraction of sp³-hybridized carbons (Fsp3) is 0.304. The highest BCUT2D eigenvalue weighted by molar-refractivity contribution is 7.15. The summed E-state index contributed by atoms with van der Waals surface area (Å²) in [7, 11) is 0. The number of hydrogen-bond acceptors (Lipinski definition) is 3. The van der Waals surface area contributed by atoms with Gasteiger partial charge in [0, 0.05) is 29.6 Å². The number of anilines is 2. The van der Waals surface area contributed by atoms with E-state index in [2.05, 4.69) is 22.5 Å². The van der Waals surface area contributed by atoms with Crippen LogP contribution in [0.4, 0.5) is 25.0 Å². The van der Waals surface area contributed by atoms with E-state index >= 15 is 0 Å². The molecule has 1 fully saturated rings. The van der Waals surface area contributed by atoms with E-state index in [4.69, 9.17) is 0 Å². The summed E-state index contributed by atoms with van der Waals surface area (Å²) in [5.74, 6) is -0.578. The Hall–Kier alpha value is -2.80. The molecule has 4 rings (SSSR count). The number of thiazole rings is 1. The monoisotopic (exact) mass is 427 g/mol. The standard InChI is InChI=1S/C23H23F2N3OS/c1-14-2-4-16(5-3-14)22-26-13-21(30-22)15-6-8-17(9-7-15)27-23(29)28-18-10-11-19(24)20(25)12-18/h6-14,16H,2-5H2,1H3,(H2,27,28,29). The van der Waals surface area contributed by atoms with E-state index in [0.717, 1.165) is 28.5 Å². The molecule has 1 aliphatic rings. The topological polar surface area (TPSA) is 54.0 Å². The third-order valence-corrected chi connectivity index (χ3v) is 6.70. The Bertz CT molecular complexity index is 1030. The van der Waals surface area contributed by atoms with Crippen LogP contribution in [0.3, 0.4) is 0 Å². The predicted octanol–water partition coefficient (Wildman–Crippen LogP) is 7.03. The van der Waals surface area contributed by atoms with Crippen LogP contribution >= 0.6 is 11.3 Å². The lowest BCUT2D eigenvalue weighted by molar-refractivity contribution is 0.262. The second kappa shape index (κ2) is 8.92. The number of carbonyl (C=O) groups is 1. The normalized spacial score (nSPS) is 18.8. The van der Waals surface area contributed by atoms with Crippen LogP contribution in [-0.2, 0) is 0 Å². The van der Waals surface area contributed by atoms with Gasteiger partial charge in [0.1, 0.15) is 0 Å². The van der Waals surface area contributed by atoms with E-state index in [1.807, 2.05) is 30.5 Å². The molecule has 4 nitrogen and oxygen atoms in total. The second-order valence-electron chi connectivity index (χ2n) is 7.80. The van der Waals surface area contributed by atoms with Crippen LogP contribution in [0.2, 0.25) is 0 Å². The number of nitrogens with one attached hydrogen (secondary N) is 2. The Morgan fingerprint density at radius 1 is 0.967 bits per heavy atom. The molecule has 30 heavy (non-hydrogen) atoms. The number of urea groups is 1. The first-order valence-electron chi connectivity index (χ1n) is 10.1. The second-order valence-corrected chi connectivity index (χ2v) is 8.87. The number of nitrogens with zero attached hydrogens (tertiary/aromatic N) is 1. The van der Waals surface area contributed by atoms with Crippen LogP contribution in [-0.4, -0.2) is 11.0 Å². The Morgan fingerprint density at radius 2 is 1.63 bits per heavy atom. The number of rotatable bonds is 4. The highest BCUT2D eigenvalue weighted by Crippen LogP contribution is 2.39. The van der Waals surface area contributed by atoms with Gasteiger partial charge in [0.25, 0.3) is 0 Å². The van der Waals surface area contributed by atoms with Gasteiger partial charge in [-0.25, -0.2) is 18.6 Å². The number of hydrogen-bond donors (Lipinski definition) is 2. The third kappa shape index (κ3) is 4.84. The molecule has 0 bridgehead atoms. The van der Waals surface area contributed by atoms with Gasteiger partial charge in [-0.15, -0.1) is 11.3 Å². The fourth-order valence-corrected chi connectivity index (χ4v) is 4.79. The zero-order chi connectivity index (χ0) is 21.1. The lowest BCUT2D eigenvalue weighted by atomic mass is 9.83. The molecule has 2 aromatic carbocycles. The average molecular weight is 428 g/mol. The van der Waals surface area contributed by atoms with Gasteiger partial charge >= 0.3 is 6.03 Å². The molecule has 1 aliphatic carbocycles. The molecule has 0 spiro atoms. The first-order chi connectivity index (χ1) is 14.5. The summed E-state index contributed by atoms with van der Waals surface area (Å²) in [6, 6.07) is 10.2. The molecule has 0 unspecified atom stereocenters. The Kier molecular flexibility index (Phi) is 6.08. The number of halogens is 2. The van der Waals surface area contributed by atoms with Crippen molar-refractivity contribution in [3.05, 3.63) is 65.3 Å². The molecular weight excluding hydrogens is 404 g/mol. The maximum absolute atomic E-state index is 13.2. The van der Waals surface area contributed by atoms with E-state index < -0.39 is 17.7 Å². The summed E-state index contributed by atoms with van der Waals surface area (Å²) in [6.45, 7) is 2.32. The maximum atomic E-state index is 13.2. The van der Waals surface area contributed by atoms with Crippen molar-refractivity contribution >= 4 is 28.7 Å². The number of benzene rings is 2. The van der Waals surface area contributed by atoms with Crippen molar-refractivity contribution < 1.29 is 13.6 Å². The van der Waals surface area contributed by atoms with Gasteiger partial charge in [0.15, 0.2) is 11.6 Å². The van der Waals surface area contributed by atoms with Gasteiger partial charge in [-0.05, 0) is 48.6 Å². The first-order valence-corrected chi connectivity index (χ1v) is 10.9. The Morgan fingerprint density at radius 3 is 2.33 bits per heavy atom. The van der Waals surface area contributed by atoms with Gasteiger partial charge in [0.05, 0.1) is 9.88 Å². The maximum Gasteiger partial charge on any atom is 0.323 e. The predicted molar refractivity (Wildman–Crippen MR) is 117 cm³/mol. The first kappa shape index (κ1) is 20.5. The molecule has 0 radical (unpaired) electrons. The van der Waals surface area contributed by atoms with Crippen LogP contribution in [0.1, 0.15) is 43.5 Å². The lowest BCUT2D eigenvalue weighted by Crippen LogP contribution is -2.19. The molecule has 156 valence electrons. The van der Waals surface area contributed by atoms with E-state index in [1.54, 1.807) is 11.3 Å². The van der Waals surface area contributed by atoms with Gasteiger partial charge in [-0.1, -0.05) is 31.9 Å². The smallest absolute Gasteiger partial charge is 0.308 e. The van der Waals surface area contributed by atoms with E-state index in [9.17, 15) is 13.6 Å². The number of amides is 2. The number of aromatic nitrogens is 1. The minimum atomic E-state index is -1.01. The van der Waals surface area contributed by atoms with Crippen LogP contribution in [0.15, 0.2) is 48.7 Å².